The second kappa shape index (κ2) is 5.55. The maximum atomic E-state index is 6.47. The molecule has 0 aliphatic rings. The van der Waals surface area contributed by atoms with Crippen LogP contribution in [0.4, 0.5) is 0 Å². The van der Waals surface area contributed by atoms with Crippen LogP contribution in [0.25, 0.3) is 44.2 Å². The Kier molecular flexibility index (Phi) is 3.28. The minimum absolute atomic E-state index is 0.337. The fraction of sp³-hybridized carbons (Fsp3) is 0.0909. The van der Waals surface area contributed by atoms with Gasteiger partial charge < -0.3 is 4.42 Å². The SMILES string of the molecule is Cc1cc(C)cc(-c2nc(Cl)c3oc4ccc5ccccc5c4c3n2)c1. The van der Waals surface area contributed by atoms with Gasteiger partial charge in [0.1, 0.15) is 11.1 Å². The second-order valence-corrected chi connectivity index (χ2v) is 7.01. The number of hydrogen-bond acceptors (Lipinski definition) is 3. The Morgan fingerprint density at radius 2 is 1.65 bits per heavy atom. The average molecular weight is 359 g/mol. The van der Waals surface area contributed by atoms with Gasteiger partial charge in [0.05, 0.1) is 5.39 Å². The second-order valence-electron chi connectivity index (χ2n) is 6.65. The zero-order chi connectivity index (χ0) is 17.8. The molecule has 2 heterocycles. The summed E-state index contributed by atoms with van der Waals surface area (Å²) in [5.41, 5.74) is 5.36. The Bertz CT molecular complexity index is 1300. The molecule has 0 amide bonds. The van der Waals surface area contributed by atoms with Crippen LogP contribution in [0.2, 0.25) is 5.15 Å². The molecule has 0 fully saturated rings. The van der Waals surface area contributed by atoms with Crippen LogP contribution in [0.1, 0.15) is 11.1 Å². The normalized spacial score (nSPS) is 11.7. The highest BCUT2D eigenvalue weighted by Gasteiger charge is 2.17. The van der Waals surface area contributed by atoms with Crippen LogP contribution in [0.3, 0.4) is 0 Å². The lowest BCUT2D eigenvalue weighted by Crippen LogP contribution is -1.92. The predicted octanol–water partition coefficient (Wildman–Crippen LogP) is 6.47. The van der Waals surface area contributed by atoms with Gasteiger partial charge in [0.25, 0.3) is 0 Å². The van der Waals surface area contributed by atoms with Crippen molar-refractivity contribution >= 4 is 44.4 Å². The van der Waals surface area contributed by atoms with Crippen molar-refractivity contribution in [3.05, 3.63) is 70.9 Å². The third-order valence-electron chi connectivity index (χ3n) is 4.64. The summed E-state index contributed by atoms with van der Waals surface area (Å²) in [7, 11) is 0. The Morgan fingerprint density at radius 1 is 0.885 bits per heavy atom. The smallest absolute Gasteiger partial charge is 0.191 e. The fourth-order valence-corrected chi connectivity index (χ4v) is 3.81. The minimum Gasteiger partial charge on any atom is -0.451 e. The van der Waals surface area contributed by atoms with E-state index in [1.165, 1.54) is 11.1 Å². The first-order valence-electron chi connectivity index (χ1n) is 8.46. The Balaban J connectivity index is 1.91. The summed E-state index contributed by atoms with van der Waals surface area (Å²) in [4.78, 5) is 9.33. The lowest BCUT2D eigenvalue weighted by molar-refractivity contribution is 0.666. The first-order valence-corrected chi connectivity index (χ1v) is 8.84. The maximum Gasteiger partial charge on any atom is 0.191 e. The number of aromatic nitrogens is 2. The van der Waals surface area contributed by atoms with Gasteiger partial charge in [-0.05, 0) is 42.8 Å². The van der Waals surface area contributed by atoms with Crippen molar-refractivity contribution in [3.63, 3.8) is 0 Å². The van der Waals surface area contributed by atoms with E-state index in [1.54, 1.807) is 0 Å². The number of halogens is 1. The monoisotopic (exact) mass is 358 g/mol. The first-order chi connectivity index (χ1) is 12.6. The van der Waals surface area contributed by atoms with Crippen LogP contribution in [0.5, 0.6) is 0 Å². The van der Waals surface area contributed by atoms with Crippen molar-refractivity contribution in [2.45, 2.75) is 13.8 Å². The molecule has 5 rings (SSSR count). The molecule has 0 radical (unpaired) electrons. The van der Waals surface area contributed by atoms with Gasteiger partial charge >= 0.3 is 0 Å². The lowest BCUT2D eigenvalue weighted by Gasteiger charge is -2.05. The topological polar surface area (TPSA) is 38.9 Å². The Morgan fingerprint density at radius 3 is 2.46 bits per heavy atom. The van der Waals surface area contributed by atoms with Crippen LogP contribution >= 0.6 is 11.6 Å². The van der Waals surface area contributed by atoms with Crippen LogP contribution < -0.4 is 0 Å². The number of aryl methyl sites for hydroxylation is 2. The van der Waals surface area contributed by atoms with E-state index in [4.69, 9.17) is 21.0 Å². The standard InChI is InChI=1S/C22H15ClN2O/c1-12-9-13(2)11-15(10-12)22-24-19-18-16-6-4-3-5-14(16)7-8-17(18)26-20(19)21(23)25-22/h3-11H,1-2H3. The van der Waals surface area contributed by atoms with E-state index in [1.807, 2.05) is 24.3 Å². The third-order valence-corrected chi connectivity index (χ3v) is 4.90. The summed E-state index contributed by atoms with van der Waals surface area (Å²) >= 11 is 6.47. The zero-order valence-electron chi connectivity index (χ0n) is 14.4. The van der Waals surface area contributed by atoms with Gasteiger partial charge in [-0.1, -0.05) is 59.1 Å². The molecule has 0 N–H and O–H groups in total. The molecular weight excluding hydrogens is 344 g/mol. The molecule has 0 atom stereocenters. The number of rotatable bonds is 1. The van der Waals surface area contributed by atoms with E-state index in [-0.39, 0.29) is 0 Å². The highest BCUT2D eigenvalue weighted by Crippen LogP contribution is 2.37. The Hall–Kier alpha value is -2.91. The van der Waals surface area contributed by atoms with Gasteiger partial charge in [0.2, 0.25) is 0 Å². The molecule has 2 aromatic heterocycles. The van der Waals surface area contributed by atoms with E-state index >= 15 is 0 Å². The van der Waals surface area contributed by atoms with Gasteiger partial charge in [-0.2, -0.15) is 0 Å². The quantitative estimate of drug-likeness (QED) is 0.322. The zero-order valence-corrected chi connectivity index (χ0v) is 15.1. The molecule has 3 aromatic carbocycles. The number of benzene rings is 3. The summed E-state index contributed by atoms with van der Waals surface area (Å²) in [6, 6.07) is 18.5. The van der Waals surface area contributed by atoms with Gasteiger partial charge in [0, 0.05) is 5.56 Å². The molecule has 0 aliphatic carbocycles. The molecule has 5 aromatic rings. The van der Waals surface area contributed by atoms with Crippen molar-refractivity contribution in [3.8, 4) is 11.4 Å². The Labute approximate surface area is 155 Å². The molecule has 0 spiro atoms. The third kappa shape index (κ3) is 2.28. The minimum atomic E-state index is 0.337. The largest absolute Gasteiger partial charge is 0.451 e. The average Bonchev–Trinajstić information content (AvgIpc) is 3.01. The number of nitrogens with zero attached hydrogens (tertiary/aromatic N) is 2. The molecule has 0 unspecified atom stereocenters. The van der Waals surface area contributed by atoms with E-state index < -0.39 is 0 Å². The molecular formula is C22H15ClN2O. The van der Waals surface area contributed by atoms with Crippen molar-refractivity contribution in [2.75, 3.05) is 0 Å². The summed E-state index contributed by atoms with van der Waals surface area (Å²) in [6.45, 7) is 4.13. The van der Waals surface area contributed by atoms with E-state index in [2.05, 4.69) is 49.2 Å². The maximum absolute atomic E-state index is 6.47. The number of furan rings is 1. The molecule has 126 valence electrons. The van der Waals surface area contributed by atoms with Gasteiger partial charge in [-0.15, -0.1) is 0 Å². The van der Waals surface area contributed by atoms with E-state index in [0.29, 0.717) is 16.6 Å². The summed E-state index contributed by atoms with van der Waals surface area (Å²) < 4.78 is 5.97. The molecule has 26 heavy (non-hydrogen) atoms. The van der Waals surface area contributed by atoms with Crippen molar-refractivity contribution in [1.82, 2.24) is 9.97 Å². The van der Waals surface area contributed by atoms with Crippen molar-refractivity contribution in [2.24, 2.45) is 0 Å². The van der Waals surface area contributed by atoms with Crippen molar-refractivity contribution in [1.29, 1.82) is 0 Å². The summed E-state index contributed by atoms with van der Waals surface area (Å²) in [5, 5.41) is 3.56. The van der Waals surface area contributed by atoms with E-state index in [9.17, 15) is 0 Å². The molecule has 4 heteroatoms. The van der Waals surface area contributed by atoms with Crippen LogP contribution in [0, 0.1) is 13.8 Å². The molecule has 0 saturated carbocycles. The van der Waals surface area contributed by atoms with Gasteiger partial charge in [0.15, 0.2) is 16.6 Å². The summed E-state index contributed by atoms with van der Waals surface area (Å²) in [6.07, 6.45) is 0. The molecule has 0 saturated heterocycles. The van der Waals surface area contributed by atoms with E-state index in [0.717, 1.165) is 32.8 Å². The van der Waals surface area contributed by atoms with Crippen LogP contribution in [0.15, 0.2) is 59.0 Å². The first kappa shape index (κ1) is 15.4. The molecule has 0 aliphatic heterocycles. The highest BCUT2D eigenvalue weighted by atomic mass is 35.5. The summed E-state index contributed by atoms with van der Waals surface area (Å²) in [5.74, 6) is 0.616. The highest BCUT2D eigenvalue weighted by molar-refractivity contribution is 6.35. The van der Waals surface area contributed by atoms with Gasteiger partial charge in [-0.25, -0.2) is 9.97 Å². The van der Waals surface area contributed by atoms with Gasteiger partial charge in [-0.3, -0.25) is 0 Å². The predicted molar refractivity (Wildman–Crippen MR) is 107 cm³/mol. The number of fused-ring (bicyclic) bond motifs is 5. The van der Waals surface area contributed by atoms with Crippen LogP contribution in [-0.4, -0.2) is 9.97 Å². The molecule has 0 bridgehead atoms. The van der Waals surface area contributed by atoms with Crippen LogP contribution in [-0.2, 0) is 0 Å². The lowest BCUT2D eigenvalue weighted by atomic mass is 10.1. The molecule has 3 nitrogen and oxygen atoms in total. The number of hydrogen-bond donors (Lipinski definition) is 0. The van der Waals surface area contributed by atoms with Crippen molar-refractivity contribution < 1.29 is 4.42 Å². The fourth-order valence-electron chi connectivity index (χ4n) is 3.61.